The minimum absolute atomic E-state index is 0.0264. The molecule has 0 amide bonds. The molecule has 28 heavy (non-hydrogen) atoms. The van der Waals surface area contributed by atoms with Crippen molar-refractivity contribution in [3.63, 3.8) is 0 Å². The van der Waals surface area contributed by atoms with Crippen LogP contribution in [0.3, 0.4) is 0 Å². The first-order chi connectivity index (χ1) is 13.6. The van der Waals surface area contributed by atoms with E-state index in [2.05, 4.69) is 27.5 Å². The molecule has 0 fully saturated rings. The number of Topliss-reactive ketones (excluding diaryl/α,β-unsaturated/α-hetero) is 1. The molecule has 0 bridgehead atoms. The highest BCUT2D eigenvalue weighted by Gasteiger charge is 2.17. The Balaban J connectivity index is 2.00. The van der Waals surface area contributed by atoms with E-state index in [4.69, 9.17) is 9.47 Å². The SMILES string of the molecule is C=CCOc1c(Br)cc(/C=C(\C#N)C(=O)c2c[nH]c3ccccc23)cc1OC. The second-order valence-electron chi connectivity index (χ2n) is 5.88. The van der Waals surface area contributed by atoms with Gasteiger partial charge in [-0.1, -0.05) is 30.9 Å². The Hall–Kier alpha value is -3.30. The van der Waals surface area contributed by atoms with Crippen LogP contribution >= 0.6 is 15.9 Å². The molecule has 1 N–H and O–H groups in total. The molecule has 0 aliphatic rings. The number of carbonyl (C=O) groups is 1. The number of para-hydroxylation sites is 1. The number of hydrogen-bond donors (Lipinski definition) is 1. The fraction of sp³-hybridized carbons (Fsp3) is 0.0909. The Labute approximate surface area is 171 Å². The van der Waals surface area contributed by atoms with E-state index in [1.807, 2.05) is 30.3 Å². The molecular formula is C22H17BrN2O3. The fourth-order valence-corrected chi connectivity index (χ4v) is 3.40. The maximum atomic E-state index is 12.9. The molecule has 0 radical (unpaired) electrons. The summed E-state index contributed by atoms with van der Waals surface area (Å²) in [5.41, 5.74) is 1.97. The first kappa shape index (κ1) is 19.5. The molecule has 0 unspecified atom stereocenters. The van der Waals surface area contributed by atoms with Crippen molar-refractivity contribution in [2.75, 3.05) is 13.7 Å². The van der Waals surface area contributed by atoms with Crippen molar-refractivity contribution in [2.45, 2.75) is 0 Å². The highest BCUT2D eigenvalue weighted by molar-refractivity contribution is 9.10. The molecular weight excluding hydrogens is 420 g/mol. The third kappa shape index (κ3) is 3.85. The topological polar surface area (TPSA) is 75.1 Å². The van der Waals surface area contributed by atoms with E-state index >= 15 is 0 Å². The summed E-state index contributed by atoms with van der Waals surface area (Å²) in [7, 11) is 1.53. The number of nitrogens with zero attached hydrogens (tertiary/aromatic N) is 1. The third-order valence-corrected chi connectivity index (χ3v) is 4.70. The van der Waals surface area contributed by atoms with Crippen molar-refractivity contribution in [2.24, 2.45) is 0 Å². The number of methoxy groups -OCH3 is 1. The smallest absolute Gasteiger partial charge is 0.205 e. The lowest BCUT2D eigenvalue weighted by Crippen LogP contribution is -2.01. The number of nitriles is 1. The number of benzene rings is 2. The molecule has 1 heterocycles. The lowest BCUT2D eigenvalue weighted by molar-refractivity contribution is 0.104. The predicted molar refractivity (Wildman–Crippen MR) is 113 cm³/mol. The summed E-state index contributed by atoms with van der Waals surface area (Å²) in [5.74, 6) is 0.669. The number of carbonyl (C=O) groups excluding carboxylic acids is 1. The summed E-state index contributed by atoms with van der Waals surface area (Å²) in [6.07, 6.45) is 4.79. The second-order valence-corrected chi connectivity index (χ2v) is 6.74. The number of rotatable bonds is 7. The quantitative estimate of drug-likeness (QED) is 0.236. The Morgan fingerprint density at radius 2 is 2.14 bits per heavy atom. The van der Waals surface area contributed by atoms with Crippen molar-refractivity contribution in [1.29, 1.82) is 5.26 Å². The lowest BCUT2D eigenvalue weighted by Gasteiger charge is -2.12. The first-order valence-electron chi connectivity index (χ1n) is 8.43. The van der Waals surface area contributed by atoms with Crippen LogP contribution in [-0.4, -0.2) is 24.5 Å². The van der Waals surface area contributed by atoms with Crippen LogP contribution in [0.5, 0.6) is 11.5 Å². The Bertz CT molecular complexity index is 1120. The van der Waals surface area contributed by atoms with E-state index in [1.54, 1.807) is 24.4 Å². The average molecular weight is 437 g/mol. The number of halogens is 1. The summed E-state index contributed by atoms with van der Waals surface area (Å²) >= 11 is 3.45. The zero-order chi connectivity index (χ0) is 20.1. The molecule has 0 spiro atoms. The summed E-state index contributed by atoms with van der Waals surface area (Å²) in [5, 5.41) is 10.3. The Morgan fingerprint density at radius 1 is 1.36 bits per heavy atom. The summed E-state index contributed by atoms with van der Waals surface area (Å²) in [6, 6.07) is 12.9. The maximum Gasteiger partial charge on any atom is 0.205 e. The van der Waals surface area contributed by atoms with Crippen molar-refractivity contribution < 1.29 is 14.3 Å². The zero-order valence-corrected chi connectivity index (χ0v) is 16.7. The summed E-state index contributed by atoms with van der Waals surface area (Å²) < 4.78 is 11.6. The second kappa shape index (κ2) is 8.59. The van der Waals surface area contributed by atoms with Gasteiger partial charge < -0.3 is 14.5 Å². The normalized spacial score (nSPS) is 11.1. The average Bonchev–Trinajstić information content (AvgIpc) is 3.14. The van der Waals surface area contributed by atoms with Gasteiger partial charge in [-0.2, -0.15) is 5.26 Å². The zero-order valence-electron chi connectivity index (χ0n) is 15.2. The molecule has 0 saturated carbocycles. The number of nitrogens with one attached hydrogen (secondary N) is 1. The van der Waals surface area contributed by atoms with Crippen LogP contribution in [0.1, 0.15) is 15.9 Å². The largest absolute Gasteiger partial charge is 0.493 e. The van der Waals surface area contributed by atoms with Gasteiger partial charge in [0, 0.05) is 22.7 Å². The molecule has 3 aromatic rings. The van der Waals surface area contributed by atoms with Gasteiger partial charge in [-0.25, -0.2) is 0 Å². The summed E-state index contributed by atoms with van der Waals surface area (Å²) in [4.78, 5) is 16.0. The van der Waals surface area contributed by atoms with Gasteiger partial charge >= 0.3 is 0 Å². The van der Waals surface area contributed by atoms with Crippen molar-refractivity contribution in [3.8, 4) is 17.6 Å². The minimum atomic E-state index is -0.345. The van der Waals surface area contributed by atoms with E-state index < -0.39 is 0 Å². The van der Waals surface area contributed by atoms with E-state index in [-0.39, 0.29) is 11.4 Å². The van der Waals surface area contributed by atoms with E-state index in [9.17, 15) is 10.1 Å². The lowest BCUT2D eigenvalue weighted by atomic mass is 10.0. The molecule has 140 valence electrons. The van der Waals surface area contributed by atoms with Gasteiger partial charge in [0.25, 0.3) is 0 Å². The number of ether oxygens (including phenoxy) is 2. The van der Waals surface area contributed by atoms with Crippen molar-refractivity contribution >= 4 is 38.7 Å². The summed E-state index contributed by atoms with van der Waals surface area (Å²) in [6.45, 7) is 3.95. The monoisotopic (exact) mass is 436 g/mol. The number of hydrogen-bond acceptors (Lipinski definition) is 4. The van der Waals surface area contributed by atoms with Gasteiger partial charge in [0.05, 0.1) is 11.6 Å². The van der Waals surface area contributed by atoms with Gasteiger partial charge in [-0.05, 0) is 45.8 Å². The number of fused-ring (bicyclic) bond motifs is 1. The molecule has 1 aromatic heterocycles. The van der Waals surface area contributed by atoms with Crippen LogP contribution in [-0.2, 0) is 0 Å². The van der Waals surface area contributed by atoms with Crippen molar-refractivity contribution in [1.82, 2.24) is 4.98 Å². The highest BCUT2D eigenvalue weighted by Crippen LogP contribution is 2.37. The number of aromatic amines is 1. The Morgan fingerprint density at radius 3 is 2.86 bits per heavy atom. The van der Waals surface area contributed by atoms with Crippen LogP contribution in [0.4, 0.5) is 0 Å². The van der Waals surface area contributed by atoms with Crippen LogP contribution in [0.2, 0.25) is 0 Å². The van der Waals surface area contributed by atoms with Crippen LogP contribution < -0.4 is 9.47 Å². The van der Waals surface area contributed by atoms with Crippen LogP contribution in [0.25, 0.3) is 17.0 Å². The standard InChI is InChI=1S/C22H17BrN2O3/c1-3-8-28-22-18(23)10-14(11-20(22)27-2)9-15(12-24)21(26)17-13-25-19-7-5-4-6-16(17)19/h3-7,9-11,13,25H,1,8H2,2H3/b15-9+. The maximum absolute atomic E-state index is 12.9. The predicted octanol–water partition coefficient (Wildman–Crippen LogP) is 5.29. The Kier molecular flexibility index (Phi) is 5.97. The molecule has 0 aliphatic heterocycles. The fourth-order valence-electron chi connectivity index (χ4n) is 2.83. The molecule has 0 atom stereocenters. The van der Waals surface area contributed by atoms with Gasteiger partial charge in [0.2, 0.25) is 5.78 Å². The molecule has 2 aromatic carbocycles. The molecule has 0 saturated heterocycles. The van der Waals surface area contributed by atoms with Gasteiger partial charge in [0.1, 0.15) is 18.2 Å². The number of allylic oxidation sites excluding steroid dienone is 1. The van der Waals surface area contributed by atoms with Crippen LogP contribution in [0, 0.1) is 11.3 Å². The van der Waals surface area contributed by atoms with Gasteiger partial charge in [-0.15, -0.1) is 0 Å². The third-order valence-electron chi connectivity index (χ3n) is 4.11. The van der Waals surface area contributed by atoms with Gasteiger partial charge in [-0.3, -0.25) is 4.79 Å². The van der Waals surface area contributed by atoms with Gasteiger partial charge in [0.15, 0.2) is 11.5 Å². The molecule has 5 nitrogen and oxygen atoms in total. The molecule has 3 rings (SSSR count). The van der Waals surface area contributed by atoms with Crippen molar-refractivity contribution in [3.05, 3.63) is 76.4 Å². The van der Waals surface area contributed by atoms with E-state index in [0.29, 0.717) is 33.7 Å². The number of aromatic nitrogens is 1. The molecule has 0 aliphatic carbocycles. The van der Waals surface area contributed by atoms with E-state index in [0.717, 1.165) is 10.9 Å². The molecule has 6 heteroatoms. The number of ketones is 1. The minimum Gasteiger partial charge on any atom is -0.493 e. The number of H-pyrrole nitrogens is 1. The van der Waals surface area contributed by atoms with E-state index in [1.165, 1.54) is 13.2 Å². The van der Waals surface area contributed by atoms with Crippen LogP contribution in [0.15, 0.2) is 65.3 Å². The highest BCUT2D eigenvalue weighted by atomic mass is 79.9. The first-order valence-corrected chi connectivity index (χ1v) is 9.22.